The highest BCUT2D eigenvalue weighted by Crippen LogP contribution is 2.43. The van der Waals surface area contributed by atoms with Gasteiger partial charge in [0, 0.05) is 28.8 Å². The SMILES string of the molecule is CCC(C)(C)c1cccc(OC(C)CCNC(=O)c2cc(Sc3nnnn3-c3ccc(O)cc3)c3ccccc3c2O)c1C(C)(C)CC. The minimum Gasteiger partial charge on any atom is -0.508 e. The van der Waals surface area contributed by atoms with Gasteiger partial charge in [-0.25, -0.2) is 0 Å². The molecule has 0 spiro atoms. The Bertz CT molecular complexity index is 1900. The maximum absolute atomic E-state index is 13.5. The number of rotatable bonds is 13. The first kappa shape index (κ1) is 34.8. The molecule has 5 rings (SSSR count). The van der Waals surface area contributed by atoms with Crippen LogP contribution in [0.2, 0.25) is 0 Å². The number of hydrogen-bond donors (Lipinski definition) is 3. The van der Waals surface area contributed by atoms with Crippen molar-refractivity contribution in [3.8, 4) is 22.9 Å². The number of ether oxygens (including phenoxy) is 1. The Kier molecular flexibility index (Phi) is 10.3. The number of carbonyl (C=O) groups is 1. The van der Waals surface area contributed by atoms with Gasteiger partial charge in [0.1, 0.15) is 17.2 Å². The predicted octanol–water partition coefficient (Wildman–Crippen LogP) is 8.34. The maximum Gasteiger partial charge on any atom is 0.255 e. The average molecular weight is 668 g/mol. The molecule has 48 heavy (non-hydrogen) atoms. The average Bonchev–Trinajstić information content (AvgIpc) is 3.54. The fourth-order valence-corrected chi connectivity index (χ4v) is 6.67. The number of phenols is 2. The molecule has 1 atom stereocenters. The maximum atomic E-state index is 13.5. The van der Waals surface area contributed by atoms with Crippen LogP contribution in [0.25, 0.3) is 16.5 Å². The molecule has 252 valence electrons. The van der Waals surface area contributed by atoms with Crippen LogP contribution < -0.4 is 10.1 Å². The Labute approximate surface area is 286 Å². The van der Waals surface area contributed by atoms with Crippen LogP contribution in [0.4, 0.5) is 0 Å². The molecule has 1 unspecified atom stereocenters. The van der Waals surface area contributed by atoms with Crippen LogP contribution in [0.1, 0.15) is 89.2 Å². The van der Waals surface area contributed by atoms with Gasteiger partial charge in [0.2, 0.25) is 5.16 Å². The Morgan fingerprint density at radius 3 is 2.31 bits per heavy atom. The summed E-state index contributed by atoms with van der Waals surface area (Å²) in [6.07, 6.45) is 2.41. The number of hydrogen-bond acceptors (Lipinski definition) is 8. The molecule has 3 N–H and O–H groups in total. The molecule has 0 aliphatic carbocycles. The van der Waals surface area contributed by atoms with Crippen LogP contribution in [-0.4, -0.2) is 49.0 Å². The molecule has 0 saturated carbocycles. The number of aromatic hydroxyl groups is 2. The van der Waals surface area contributed by atoms with Gasteiger partial charge in [-0.15, -0.1) is 5.10 Å². The predicted molar refractivity (Wildman–Crippen MR) is 191 cm³/mol. The summed E-state index contributed by atoms with van der Waals surface area (Å²) < 4.78 is 8.13. The van der Waals surface area contributed by atoms with Crippen molar-refractivity contribution in [1.29, 1.82) is 0 Å². The van der Waals surface area contributed by atoms with Gasteiger partial charge < -0.3 is 20.3 Å². The zero-order valence-corrected chi connectivity index (χ0v) is 29.6. The van der Waals surface area contributed by atoms with Gasteiger partial charge in [0.15, 0.2) is 0 Å². The van der Waals surface area contributed by atoms with E-state index in [-0.39, 0.29) is 39.9 Å². The van der Waals surface area contributed by atoms with Crippen molar-refractivity contribution in [3.63, 3.8) is 0 Å². The monoisotopic (exact) mass is 667 g/mol. The van der Waals surface area contributed by atoms with E-state index in [4.69, 9.17) is 4.74 Å². The first-order chi connectivity index (χ1) is 22.9. The Hall–Kier alpha value is -4.57. The third-order valence-electron chi connectivity index (χ3n) is 9.32. The van der Waals surface area contributed by atoms with Gasteiger partial charge in [-0.05, 0) is 100 Å². The molecular weight excluding hydrogens is 623 g/mol. The molecule has 0 aliphatic heterocycles. The molecular formula is C38H45N5O4S. The number of tetrazole rings is 1. The molecule has 1 aromatic heterocycles. The van der Waals surface area contributed by atoms with Gasteiger partial charge in [-0.3, -0.25) is 4.79 Å². The van der Waals surface area contributed by atoms with E-state index in [2.05, 4.69) is 80.6 Å². The summed E-state index contributed by atoms with van der Waals surface area (Å²) in [6.45, 7) is 15.9. The zero-order chi connectivity index (χ0) is 34.6. The highest BCUT2D eigenvalue weighted by molar-refractivity contribution is 7.99. The summed E-state index contributed by atoms with van der Waals surface area (Å²) in [6, 6.07) is 21.9. The molecule has 0 aliphatic rings. The number of aromatic nitrogens is 4. The molecule has 0 bridgehead atoms. The molecule has 1 amide bonds. The van der Waals surface area contributed by atoms with E-state index in [1.165, 1.54) is 22.9 Å². The topological polar surface area (TPSA) is 122 Å². The number of nitrogens with one attached hydrogen (secondary N) is 1. The van der Waals surface area contributed by atoms with Crippen LogP contribution in [0, 0.1) is 0 Å². The first-order valence-corrected chi connectivity index (χ1v) is 17.3. The summed E-state index contributed by atoms with van der Waals surface area (Å²) in [5.74, 6) is 0.558. The molecule has 9 nitrogen and oxygen atoms in total. The number of carbonyl (C=O) groups excluding carboxylic acids is 1. The quantitative estimate of drug-likeness (QED) is 0.115. The van der Waals surface area contributed by atoms with E-state index >= 15 is 0 Å². The lowest BCUT2D eigenvalue weighted by atomic mass is 9.71. The van der Waals surface area contributed by atoms with Crippen LogP contribution in [0.15, 0.2) is 82.8 Å². The second-order valence-corrected chi connectivity index (χ2v) is 14.4. The summed E-state index contributed by atoms with van der Waals surface area (Å²) in [7, 11) is 0. The molecule has 4 aromatic carbocycles. The molecule has 0 saturated heterocycles. The molecule has 0 radical (unpaired) electrons. The van der Waals surface area contributed by atoms with Crippen LogP contribution >= 0.6 is 11.8 Å². The van der Waals surface area contributed by atoms with Crippen LogP contribution in [0.5, 0.6) is 17.2 Å². The third-order valence-corrected chi connectivity index (χ3v) is 10.3. The minimum absolute atomic E-state index is 0.00900. The van der Waals surface area contributed by atoms with Gasteiger partial charge in [0.25, 0.3) is 5.91 Å². The summed E-state index contributed by atoms with van der Waals surface area (Å²) >= 11 is 1.28. The second-order valence-electron chi connectivity index (χ2n) is 13.4. The number of benzene rings is 4. The lowest BCUT2D eigenvalue weighted by Gasteiger charge is -2.35. The third kappa shape index (κ3) is 7.28. The number of phenolic OH excluding ortho intramolecular Hbond substituents is 2. The highest BCUT2D eigenvalue weighted by Gasteiger charge is 2.32. The van der Waals surface area contributed by atoms with Gasteiger partial charge >= 0.3 is 0 Å². The normalized spacial score (nSPS) is 12.6. The second kappa shape index (κ2) is 14.3. The van der Waals surface area contributed by atoms with Crippen molar-refractivity contribution in [1.82, 2.24) is 25.5 Å². The summed E-state index contributed by atoms with van der Waals surface area (Å²) in [5.41, 5.74) is 3.34. The molecule has 5 aromatic rings. The number of nitrogens with zero attached hydrogens (tertiary/aromatic N) is 4. The summed E-state index contributed by atoms with van der Waals surface area (Å²) in [5, 5.41) is 37.8. The van der Waals surface area contributed by atoms with Gasteiger partial charge in [-0.1, -0.05) is 77.9 Å². The standard InChI is InChI=1S/C38H45N5O4S/c1-8-37(4,5)30-15-12-16-31(33(30)38(6,7)9-2)47-24(3)21-22-39-35(46)29-23-32(27-13-10-11-14-28(27)34(29)45)48-36-40-41-42-43(36)25-17-19-26(44)20-18-25/h10-20,23-24,44-45H,8-9,21-22H2,1-7H3,(H,39,46). The zero-order valence-electron chi connectivity index (χ0n) is 28.7. The Balaban J connectivity index is 1.34. The summed E-state index contributed by atoms with van der Waals surface area (Å²) in [4.78, 5) is 14.3. The minimum atomic E-state index is -0.384. The number of fused-ring (bicyclic) bond motifs is 1. The van der Waals surface area contributed by atoms with E-state index in [9.17, 15) is 15.0 Å². The van der Waals surface area contributed by atoms with E-state index < -0.39 is 0 Å². The number of amides is 1. The van der Waals surface area contributed by atoms with Crippen molar-refractivity contribution in [3.05, 3.63) is 89.5 Å². The van der Waals surface area contributed by atoms with Crippen molar-refractivity contribution >= 4 is 28.4 Å². The van der Waals surface area contributed by atoms with Crippen molar-refractivity contribution in [2.24, 2.45) is 0 Å². The fourth-order valence-electron chi connectivity index (χ4n) is 5.70. The smallest absolute Gasteiger partial charge is 0.255 e. The van der Waals surface area contributed by atoms with E-state index in [0.717, 1.165) is 24.0 Å². The van der Waals surface area contributed by atoms with Gasteiger partial charge in [0.05, 0.1) is 17.4 Å². The van der Waals surface area contributed by atoms with Crippen molar-refractivity contribution < 1.29 is 19.7 Å². The Morgan fingerprint density at radius 2 is 1.62 bits per heavy atom. The van der Waals surface area contributed by atoms with E-state index in [1.807, 2.05) is 25.1 Å². The van der Waals surface area contributed by atoms with E-state index in [0.29, 0.717) is 34.1 Å². The van der Waals surface area contributed by atoms with Crippen LogP contribution in [-0.2, 0) is 10.8 Å². The van der Waals surface area contributed by atoms with Crippen LogP contribution in [0.3, 0.4) is 0 Å². The molecule has 10 heteroatoms. The largest absolute Gasteiger partial charge is 0.508 e. The molecule has 0 fully saturated rings. The lowest BCUT2D eigenvalue weighted by molar-refractivity contribution is 0.0945. The lowest BCUT2D eigenvalue weighted by Crippen LogP contribution is -2.30. The van der Waals surface area contributed by atoms with Crippen molar-refractivity contribution in [2.45, 2.75) is 94.7 Å². The highest BCUT2D eigenvalue weighted by atomic mass is 32.2. The first-order valence-electron chi connectivity index (χ1n) is 16.5. The fraction of sp³-hybridized carbons (Fsp3) is 0.368. The molecule has 1 heterocycles. The van der Waals surface area contributed by atoms with Crippen molar-refractivity contribution in [2.75, 3.05) is 6.54 Å². The van der Waals surface area contributed by atoms with E-state index in [1.54, 1.807) is 41.1 Å². The van der Waals surface area contributed by atoms with Gasteiger partial charge in [-0.2, -0.15) is 4.68 Å². The Morgan fingerprint density at radius 1 is 0.938 bits per heavy atom.